The number of aromatic nitrogens is 2. The van der Waals surface area contributed by atoms with Crippen LogP contribution in [0.1, 0.15) is 35.1 Å². The summed E-state index contributed by atoms with van der Waals surface area (Å²) in [6.07, 6.45) is 3.04. The Hall–Kier alpha value is -1.17. The summed E-state index contributed by atoms with van der Waals surface area (Å²) in [7, 11) is 0. The van der Waals surface area contributed by atoms with Crippen LogP contribution in [0.2, 0.25) is 10.0 Å². The van der Waals surface area contributed by atoms with Gasteiger partial charge in [0.15, 0.2) is 0 Å². The minimum atomic E-state index is -0.315. The fourth-order valence-corrected chi connectivity index (χ4v) is 2.84. The van der Waals surface area contributed by atoms with Gasteiger partial charge in [-0.3, -0.25) is 10.1 Å². The van der Waals surface area contributed by atoms with Gasteiger partial charge in [0.25, 0.3) is 5.91 Å². The largest absolute Gasteiger partial charge is 0.296 e. The summed E-state index contributed by atoms with van der Waals surface area (Å²) in [5.41, 5.74) is 0.362. The molecule has 1 N–H and O–H groups in total. The van der Waals surface area contributed by atoms with E-state index in [1.807, 2.05) is 0 Å². The van der Waals surface area contributed by atoms with E-state index in [2.05, 4.69) is 22.4 Å². The van der Waals surface area contributed by atoms with E-state index in [-0.39, 0.29) is 5.91 Å². The number of carbonyl (C=O) groups is 1. The van der Waals surface area contributed by atoms with Gasteiger partial charge >= 0.3 is 0 Å². The summed E-state index contributed by atoms with van der Waals surface area (Å²) in [5, 5.41) is 12.9. The zero-order valence-electron chi connectivity index (χ0n) is 10.8. The van der Waals surface area contributed by atoms with Crippen LogP contribution in [0.5, 0.6) is 0 Å². The van der Waals surface area contributed by atoms with E-state index in [0.29, 0.717) is 20.7 Å². The fourth-order valence-electron chi connectivity index (χ4n) is 1.57. The number of unbranched alkanes of at least 4 members (excludes halogenated alkanes) is 1. The second-order valence-electron chi connectivity index (χ2n) is 4.18. The maximum absolute atomic E-state index is 12.1. The first-order valence-electron chi connectivity index (χ1n) is 6.19. The second-order valence-corrected chi connectivity index (χ2v) is 6.09. The number of rotatable bonds is 5. The topological polar surface area (TPSA) is 54.9 Å². The number of nitrogens with one attached hydrogen (secondary N) is 1. The molecule has 0 aliphatic rings. The molecule has 0 unspecified atom stereocenters. The van der Waals surface area contributed by atoms with Crippen LogP contribution >= 0.6 is 34.5 Å². The van der Waals surface area contributed by atoms with E-state index in [1.54, 1.807) is 12.1 Å². The molecular formula is C13H13Cl2N3OS. The van der Waals surface area contributed by atoms with Gasteiger partial charge in [-0.2, -0.15) is 0 Å². The fraction of sp³-hybridized carbons (Fsp3) is 0.308. The highest BCUT2D eigenvalue weighted by atomic mass is 35.5. The van der Waals surface area contributed by atoms with Gasteiger partial charge < -0.3 is 0 Å². The molecule has 1 heterocycles. The van der Waals surface area contributed by atoms with Crippen molar-refractivity contribution in [3.8, 4) is 0 Å². The number of halogens is 2. The van der Waals surface area contributed by atoms with Crippen molar-refractivity contribution in [1.29, 1.82) is 0 Å². The molecule has 2 rings (SSSR count). The number of anilines is 1. The third-order valence-corrected chi connectivity index (χ3v) is 4.05. The molecule has 0 aliphatic heterocycles. The number of hydrogen-bond acceptors (Lipinski definition) is 4. The first kappa shape index (κ1) is 15.2. The number of hydrogen-bond donors (Lipinski definition) is 1. The lowest BCUT2D eigenvalue weighted by Gasteiger charge is -2.03. The van der Waals surface area contributed by atoms with Crippen LogP contribution in [-0.4, -0.2) is 16.1 Å². The molecule has 1 aromatic carbocycles. The molecule has 0 aliphatic carbocycles. The maximum Gasteiger partial charge on any atom is 0.259 e. The number of benzene rings is 1. The van der Waals surface area contributed by atoms with E-state index in [0.717, 1.165) is 24.3 Å². The molecule has 0 saturated heterocycles. The predicted molar refractivity (Wildman–Crippen MR) is 82.9 cm³/mol. The van der Waals surface area contributed by atoms with Crippen LogP contribution < -0.4 is 5.32 Å². The molecule has 106 valence electrons. The molecule has 2 aromatic rings. The van der Waals surface area contributed by atoms with Crippen molar-refractivity contribution in [2.24, 2.45) is 0 Å². The zero-order valence-corrected chi connectivity index (χ0v) is 13.1. The average molecular weight is 330 g/mol. The Morgan fingerprint density at radius 3 is 2.85 bits per heavy atom. The van der Waals surface area contributed by atoms with Gasteiger partial charge in [-0.15, -0.1) is 10.2 Å². The SMILES string of the molecule is CCCCc1nnc(NC(=O)c2ccc(Cl)cc2Cl)s1. The summed E-state index contributed by atoms with van der Waals surface area (Å²) in [5.74, 6) is -0.315. The number of amides is 1. The molecule has 0 atom stereocenters. The second kappa shape index (κ2) is 7.02. The maximum atomic E-state index is 12.1. The van der Waals surface area contributed by atoms with Gasteiger partial charge in [0.1, 0.15) is 5.01 Å². The Morgan fingerprint density at radius 1 is 1.35 bits per heavy atom. The van der Waals surface area contributed by atoms with Gasteiger partial charge in [0.2, 0.25) is 5.13 Å². The van der Waals surface area contributed by atoms with Gasteiger partial charge in [-0.1, -0.05) is 47.9 Å². The Morgan fingerprint density at radius 2 is 2.15 bits per heavy atom. The molecule has 0 spiro atoms. The highest BCUT2D eigenvalue weighted by Gasteiger charge is 2.13. The predicted octanol–water partition coefficient (Wildman–Crippen LogP) is 4.44. The summed E-state index contributed by atoms with van der Waals surface area (Å²) in [4.78, 5) is 12.1. The van der Waals surface area contributed by atoms with Gasteiger partial charge in [0, 0.05) is 11.4 Å². The van der Waals surface area contributed by atoms with Gasteiger partial charge in [-0.25, -0.2) is 0 Å². The average Bonchev–Trinajstić information content (AvgIpc) is 2.83. The third kappa shape index (κ3) is 3.91. The smallest absolute Gasteiger partial charge is 0.259 e. The molecule has 0 radical (unpaired) electrons. The molecule has 1 amide bonds. The van der Waals surface area contributed by atoms with Crippen LogP contribution in [0.3, 0.4) is 0 Å². The van der Waals surface area contributed by atoms with Crippen molar-refractivity contribution in [3.05, 3.63) is 38.8 Å². The Kier molecular flexibility index (Phi) is 5.34. The lowest BCUT2D eigenvalue weighted by Crippen LogP contribution is -2.12. The number of nitrogens with zero attached hydrogens (tertiary/aromatic N) is 2. The van der Waals surface area contributed by atoms with Crippen molar-refractivity contribution >= 4 is 45.6 Å². The number of carbonyl (C=O) groups excluding carboxylic acids is 1. The van der Waals surface area contributed by atoms with Crippen molar-refractivity contribution in [3.63, 3.8) is 0 Å². The molecule has 20 heavy (non-hydrogen) atoms. The zero-order chi connectivity index (χ0) is 14.5. The quantitative estimate of drug-likeness (QED) is 0.882. The molecular weight excluding hydrogens is 317 g/mol. The van der Waals surface area contributed by atoms with E-state index < -0.39 is 0 Å². The van der Waals surface area contributed by atoms with E-state index in [9.17, 15) is 4.79 Å². The lowest BCUT2D eigenvalue weighted by molar-refractivity contribution is 0.102. The van der Waals surface area contributed by atoms with E-state index >= 15 is 0 Å². The summed E-state index contributed by atoms with van der Waals surface area (Å²) in [6.45, 7) is 2.12. The summed E-state index contributed by atoms with van der Waals surface area (Å²) in [6, 6.07) is 4.74. The van der Waals surface area contributed by atoms with Crippen molar-refractivity contribution < 1.29 is 4.79 Å². The summed E-state index contributed by atoms with van der Waals surface area (Å²) >= 11 is 13.2. The van der Waals surface area contributed by atoms with E-state index in [1.165, 1.54) is 17.4 Å². The molecule has 4 nitrogen and oxygen atoms in total. The number of aryl methyl sites for hydroxylation is 1. The van der Waals surface area contributed by atoms with Crippen LogP contribution in [0.15, 0.2) is 18.2 Å². The lowest BCUT2D eigenvalue weighted by atomic mass is 10.2. The molecule has 7 heteroatoms. The van der Waals surface area contributed by atoms with Crippen molar-refractivity contribution in [2.75, 3.05) is 5.32 Å². The molecule has 1 aromatic heterocycles. The van der Waals surface area contributed by atoms with Crippen LogP contribution in [0.4, 0.5) is 5.13 Å². The Bertz CT molecular complexity index is 615. The summed E-state index contributed by atoms with van der Waals surface area (Å²) < 4.78 is 0. The monoisotopic (exact) mass is 329 g/mol. The molecule has 0 bridgehead atoms. The van der Waals surface area contributed by atoms with Crippen LogP contribution in [0.25, 0.3) is 0 Å². The van der Waals surface area contributed by atoms with Crippen LogP contribution in [0, 0.1) is 0 Å². The van der Waals surface area contributed by atoms with E-state index in [4.69, 9.17) is 23.2 Å². The minimum Gasteiger partial charge on any atom is -0.296 e. The minimum absolute atomic E-state index is 0.311. The van der Waals surface area contributed by atoms with Gasteiger partial charge in [-0.05, 0) is 24.6 Å². The normalized spacial score (nSPS) is 10.6. The Balaban J connectivity index is 2.05. The first-order chi connectivity index (χ1) is 9.60. The van der Waals surface area contributed by atoms with Gasteiger partial charge in [0.05, 0.1) is 10.6 Å². The van der Waals surface area contributed by atoms with Crippen molar-refractivity contribution in [1.82, 2.24) is 10.2 Å². The molecule has 0 saturated carbocycles. The standard InChI is InChI=1S/C13H13Cl2N3OS/c1-2-3-4-11-17-18-13(20-11)16-12(19)9-6-5-8(14)7-10(9)15/h5-7H,2-4H2,1H3,(H,16,18,19). The highest BCUT2D eigenvalue weighted by Crippen LogP contribution is 2.23. The Labute approximate surface area is 131 Å². The third-order valence-electron chi connectivity index (χ3n) is 2.61. The highest BCUT2D eigenvalue weighted by molar-refractivity contribution is 7.15. The van der Waals surface area contributed by atoms with Crippen molar-refractivity contribution in [2.45, 2.75) is 26.2 Å². The first-order valence-corrected chi connectivity index (χ1v) is 7.76. The molecule has 0 fully saturated rings. The van der Waals surface area contributed by atoms with Crippen LogP contribution in [-0.2, 0) is 6.42 Å².